The van der Waals surface area contributed by atoms with Crippen LogP contribution in [0.4, 0.5) is 5.69 Å². The van der Waals surface area contributed by atoms with Crippen molar-refractivity contribution in [2.24, 2.45) is 5.92 Å². The third-order valence-corrected chi connectivity index (χ3v) is 4.19. The standard InChI is InChI=1S/C17H21N3O2/c1-11-9-13(10-21)14-3-2-4-15(16(14)19-11)20-17(22)12-5-7-18-8-6-12/h2-4,9,12,18,21H,5-8,10H2,1H3,(H,20,22). The van der Waals surface area contributed by atoms with Crippen molar-refractivity contribution in [2.45, 2.75) is 26.4 Å². The lowest BCUT2D eigenvalue weighted by Gasteiger charge is -2.22. The zero-order valence-corrected chi connectivity index (χ0v) is 12.7. The van der Waals surface area contributed by atoms with Gasteiger partial charge in [0, 0.05) is 17.0 Å². The van der Waals surface area contributed by atoms with E-state index in [4.69, 9.17) is 0 Å². The molecule has 0 saturated carbocycles. The fraction of sp³-hybridized carbons (Fsp3) is 0.412. The minimum Gasteiger partial charge on any atom is -0.392 e. The van der Waals surface area contributed by atoms with Crippen LogP contribution in [0.1, 0.15) is 24.1 Å². The van der Waals surface area contributed by atoms with Gasteiger partial charge < -0.3 is 15.7 Å². The summed E-state index contributed by atoms with van der Waals surface area (Å²) in [5, 5.41) is 16.7. The van der Waals surface area contributed by atoms with Gasteiger partial charge in [0.2, 0.25) is 5.91 Å². The highest BCUT2D eigenvalue weighted by Crippen LogP contribution is 2.26. The van der Waals surface area contributed by atoms with Gasteiger partial charge in [0.15, 0.2) is 0 Å². The summed E-state index contributed by atoms with van der Waals surface area (Å²) in [7, 11) is 0. The molecule has 0 unspecified atom stereocenters. The van der Waals surface area contributed by atoms with Gasteiger partial charge in [-0.25, -0.2) is 0 Å². The first kappa shape index (κ1) is 14.9. The lowest BCUT2D eigenvalue weighted by Crippen LogP contribution is -2.34. The molecular weight excluding hydrogens is 278 g/mol. The molecule has 1 saturated heterocycles. The van der Waals surface area contributed by atoms with E-state index < -0.39 is 0 Å². The van der Waals surface area contributed by atoms with Gasteiger partial charge in [0.1, 0.15) is 0 Å². The molecule has 0 bridgehead atoms. The quantitative estimate of drug-likeness (QED) is 0.810. The van der Waals surface area contributed by atoms with Crippen molar-refractivity contribution < 1.29 is 9.90 Å². The summed E-state index contributed by atoms with van der Waals surface area (Å²) in [4.78, 5) is 17.0. The Hall–Kier alpha value is -1.98. The van der Waals surface area contributed by atoms with E-state index in [1.54, 1.807) is 0 Å². The van der Waals surface area contributed by atoms with Crippen LogP contribution in [0.3, 0.4) is 0 Å². The number of fused-ring (bicyclic) bond motifs is 1. The number of anilines is 1. The van der Waals surface area contributed by atoms with E-state index in [1.807, 2.05) is 31.2 Å². The van der Waals surface area contributed by atoms with Crippen LogP contribution >= 0.6 is 0 Å². The number of aromatic nitrogens is 1. The zero-order valence-electron chi connectivity index (χ0n) is 12.7. The minimum absolute atomic E-state index is 0.0362. The van der Waals surface area contributed by atoms with E-state index in [0.717, 1.165) is 53.8 Å². The largest absolute Gasteiger partial charge is 0.392 e. The number of para-hydroxylation sites is 1. The third kappa shape index (κ3) is 2.96. The van der Waals surface area contributed by atoms with Crippen molar-refractivity contribution in [1.29, 1.82) is 0 Å². The second-order valence-electron chi connectivity index (χ2n) is 5.80. The van der Waals surface area contributed by atoms with E-state index in [1.165, 1.54) is 0 Å². The molecule has 22 heavy (non-hydrogen) atoms. The lowest BCUT2D eigenvalue weighted by molar-refractivity contribution is -0.120. The van der Waals surface area contributed by atoms with E-state index >= 15 is 0 Å². The van der Waals surface area contributed by atoms with Crippen LogP contribution in [0, 0.1) is 12.8 Å². The number of hydrogen-bond donors (Lipinski definition) is 3. The fourth-order valence-electron chi connectivity index (χ4n) is 3.01. The molecule has 5 heteroatoms. The van der Waals surface area contributed by atoms with Crippen LogP contribution in [0.15, 0.2) is 24.3 Å². The maximum atomic E-state index is 12.4. The van der Waals surface area contributed by atoms with E-state index in [-0.39, 0.29) is 18.4 Å². The van der Waals surface area contributed by atoms with Crippen molar-refractivity contribution in [2.75, 3.05) is 18.4 Å². The normalized spacial score (nSPS) is 15.9. The Morgan fingerprint density at radius 1 is 1.41 bits per heavy atom. The highest BCUT2D eigenvalue weighted by atomic mass is 16.3. The highest BCUT2D eigenvalue weighted by molar-refractivity contribution is 6.02. The Balaban J connectivity index is 1.93. The summed E-state index contributed by atoms with van der Waals surface area (Å²) in [5.74, 6) is 0.112. The summed E-state index contributed by atoms with van der Waals surface area (Å²) in [6.45, 7) is 3.63. The van der Waals surface area contributed by atoms with Crippen molar-refractivity contribution in [1.82, 2.24) is 10.3 Å². The molecule has 2 heterocycles. The number of amides is 1. The van der Waals surface area contributed by atoms with Crippen molar-refractivity contribution in [3.8, 4) is 0 Å². The number of aliphatic hydroxyl groups excluding tert-OH is 1. The van der Waals surface area contributed by atoms with Gasteiger partial charge >= 0.3 is 0 Å². The van der Waals surface area contributed by atoms with E-state index in [9.17, 15) is 9.90 Å². The van der Waals surface area contributed by atoms with Crippen LogP contribution in [-0.2, 0) is 11.4 Å². The van der Waals surface area contributed by atoms with Crippen LogP contribution in [-0.4, -0.2) is 29.1 Å². The predicted molar refractivity (Wildman–Crippen MR) is 86.6 cm³/mol. The molecule has 1 aliphatic heterocycles. The molecule has 1 aromatic carbocycles. The summed E-state index contributed by atoms with van der Waals surface area (Å²) in [6, 6.07) is 7.56. The molecule has 0 aliphatic carbocycles. The average Bonchev–Trinajstić information content (AvgIpc) is 2.55. The molecule has 1 aliphatic rings. The first-order chi connectivity index (χ1) is 10.7. The molecule has 3 N–H and O–H groups in total. The molecule has 1 amide bonds. The molecule has 0 spiro atoms. The Morgan fingerprint density at radius 2 is 2.18 bits per heavy atom. The van der Waals surface area contributed by atoms with E-state index in [2.05, 4.69) is 15.6 Å². The monoisotopic (exact) mass is 299 g/mol. The second kappa shape index (κ2) is 6.42. The zero-order chi connectivity index (χ0) is 15.5. The van der Waals surface area contributed by atoms with Gasteiger partial charge in [-0.05, 0) is 50.6 Å². The lowest BCUT2D eigenvalue weighted by atomic mass is 9.97. The number of pyridine rings is 1. The third-order valence-electron chi connectivity index (χ3n) is 4.19. The van der Waals surface area contributed by atoms with Crippen molar-refractivity contribution in [3.63, 3.8) is 0 Å². The Bertz CT molecular complexity index is 694. The van der Waals surface area contributed by atoms with Gasteiger partial charge in [-0.15, -0.1) is 0 Å². The molecule has 5 nitrogen and oxygen atoms in total. The number of benzene rings is 1. The van der Waals surface area contributed by atoms with Crippen LogP contribution in [0.5, 0.6) is 0 Å². The molecule has 1 aromatic heterocycles. The number of nitrogens with one attached hydrogen (secondary N) is 2. The number of rotatable bonds is 3. The predicted octanol–water partition coefficient (Wildman–Crippen LogP) is 1.97. The van der Waals surface area contributed by atoms with Crippen LogP contribution in [0.25, 0.3) is 10.9 Å². The second-order valence-corrected chi connectivity index (χ2v) is 5.80. The number of nitrogens with zero attached hydrogens (tertiary/aromatic N) is 1. The SMILES string of the molecule is Cc1cc(CO)c2cccc(NC(=O)C3CCNCC3)c2n1. The summed E-state index contributed by atoms with van der Waals surface area (Å²) < 4.78 is 0. The maximum Gasteiger partial charge on any atom is 0.227 e. The number of hydrogen-bond acceptors (Lipinski definition) is 4. The van der Waals surface area contributed by atoms with Gasteiger partial charge in [-0.3, -0.25) is 9.78 Å². The Labute approximate surface area is 129 Å². The van der Waals surface area contributed by atoms with Crippen molar-refractivity contribution >= 4 is 22.5 Å². The Kier molecular flexibility index (Phi) is 4.36. The number of aliphatic hydroxyl groups is 1. The topological polar surface area (TPSA) is 74.2 Å². The average molecular weight is 299 g/mol. The minimum atomic E-state index is -0.0362. The smallest absolute Gasteiger partial charge is 0.227 e. The molecule has 0 atom stereocenters. The molecule has 1 fully saturated rings. The summed E-state index contributed by atoms with van der Waals surface area (Å²) in [6.07, 6.45) is 1.73. The molecule has 3 rings (SSSR count). The van der Waals surface area contributed by atoms with E-state index in [0.29, 0.717) is 0 Å². The molecular formula is C17H21N3O2. The number of carbonyl (C=O) groups excluding carboxylic acids is 1. The fourth-order valence-corrected chi connectivity index (χ4v) is 3.01. The van der Waals surface area contributed by atoms with Gasteiger partial charge in [-0.2, -0.15) is 0 Å². The first-order valence-corrected chi connectivity index (χ1v) is 7.70. The van der Waals surface area contributed by atoms with Gasteiger partial charge in [0.05, 0.1) is 17.8 Å². The van der Waals surface area contributed by atoms with Crippen LogP contribution in [0.2, 0.25) is 0 Å². The molecule has 116 valence electrons. The maximum absolute atomic E-state index is 12.4. The van der Waals surface area contributed by atoms with Gasteiger partial charge in [-0.1, -0.05) is 12.1 Å². The van der Waals surface area contributed by atoms with Crippen molar-refractivity contribution in [3.05, 3.63) is 35.5 Å². The first-order valence-electron chi connectivity index (χ1n) is 7.70. The highest BCUT2D eigenvalue weighted by Gasteiger charge is 2.21. The van der Waals surface area contributed by atoms with Gasteiger partial charge in [0.25, 0.3) is 0 Å². The number of carbonyl (C=O) groups is 1. The summed E-state index contributed by atoms with van der Waals surface area (Å²) in [5.41, 5.74) is 3.13. The number of aryl methyl sites for hydroxylation is 1. The van der Waals surface area contributed by atoms with Crippen LogP contribution < -0.4 is 10.6 Å². The molecule has 2 aromatic rings. The summed E-state index contributed by atoms with van der Waals surface area (Å²) >= 11 is 0. The Morgan fingerprint density at radius 3 is 2.91 bits per heavy atom. The number of piperidine rings is 1. The molecule has 0 radical (unpaired) electrons.